The zero-order valence-corrected chi connectivity index (χ0v) is 9.78. The summed E-state index contributed by atoms with van der Waals surface area (Å²) in [4.78, 5) is 5.71. The highest BCUT2D eigenvalue weighted by Crippen LogP contribution is 2.29. The Morgan fingerprint density at radius 2 is 2.21 bits per heavy atom. The van der Waals surface area contributed by atoms with Crippen LogP contribution in [-0.2, 0) is 0 Å². The van der Waals surface area contributed by atoms with E-state index in [4.69, 9.17) is 0 Å². The van der Waals surface area contributed by atoms with Crippen LogP contribution in [0, 0.1) is 6.92 Å². The number of thiophene rings is 1. The third-order valence-electron chi connectivity index (χ3n) is 2.15. The van der Waals surface area contributed by atoms with Gasteiger partial charge >= 0.3 is 0 Å². The summed E-state index contributed by atoms with van der Waals surface area (Å²) in [5.74, 6) is 0. The van der Waals surface area contributed by atoms with E-state index in [2.05, 4.69) is 28.7 Å². The molecule has 0 spiro atoms. The maximum Gasteiger partial charge on any atom is 0.115 e. The quantitative estimate of drug-likeness (QED) is 0.867. The molecule has 0 radical (unpaired) electrons. The summed E-state index contributed by atoms with van der Waals surface area (Å²) in [6.07, 6.45) is 1.85. The number of hydrogen-bond donors (Lipinski definition) is 1. The topological polar surface area (TPSA) is 24.9 Å². The fourth-order valence-electron chi connectivity index (χ4n) is 1.42. The SMILES string of the molecule is CNC(c1nccs1)c1sccc1C. The van der Waals surface area contributed by atoms with Gasteiger partial charge in [0.15, 0.2) is 0 Å². The molecule has 2 aromatic heterocycles. The lowest BCUT2D eigenvalue weighted by atomic mass is 10.2. The standard InChI is InChI=1S/C10H12N2S2/c1-7-3-5-13-9(7)8(11-2)10-12-4-6-14-10/h3-6,8,11H,1-2H3. The molecule has 0 saturated heterocycles. The van der Waals surface area contributed by atoms with Crippen LogP contribution in [0.5, 0.6) is 0 Å². The first-order chi connectivity index (χ1) is 6.83. The van der Waals surface area contributed by atoms with E-state index in [9.17, 15) is 0 Å². The van der Waals surface area contributed by atoms with Gasteiger partial charge in [0.1, 0.15) is 5.01 Å². The smallest absolute Gasteiger partial charge is 0.115 e. The molecule has 1 unspecified atom stereocenters. The predicted molar refractivity (Wildman–Crippen MR) is 62.1 cm³/mol. The molecule has 0 aliphatic heterocycles. The molecule has 0 saturated carbocycles. The summed E-state index contributed by atoms with van der Waals surface area (Å²) < 4.78 is 0. The van der Waals surface area contributed by atoms with Gasteiger partial charge in [0.2, 0.25) is 0 Å². The molecule has 0 aromatic carbocycles. The molecule has 2 heterocycles. The third-order valence-corrected chi connectivity index (χ3v) is 4.08. The van der Waals surface area contributed by atoms with Gasteiger partial charge in [-0.15, -0.1) is 22.7 Å². The van der Waals surface area contributed by atoms with Crippen molar-refractivity contribution in [3.63, 3.8) is 0 Å². The van der Waals surface area contributed by atoms with Crippen molar-refractivity contribution in [1.82, 2.24) is 10.3 Å². The zero-order chi connectivity index (χ0) is 9.97. The fraction of sp³-hybridized carbons (Fsp3) is 0.300. The number of nitrogens with one attached hydrogen (secondary N) is 1. The molecular weight excluding hydrogens is 212 g/mol. The molecule has 0 fully saturated rings. The van der Waals surface area contributed by atoms with Gasteiger partial charge in [0, 0.05) is 16.5 Å². The molecule has 4 heteroatoms. The van der Waals surface area contributed by atoms with Gasteiger partial charge in [-0.05, 0) is 31.0 Å². The van der Waals surface area contributed by atoms with Crippen molar-refractivity contribution in [1.29, 1.82) is 0 Å². The van der Waals surface area contributed by atoms with Crippen LogP contribution in [0.25, 0.3) is 0 Å². The first-order valence-corrected chi connectivity index (χ1v) is 6.19. The van der Waals surface area contributed by atoms with Crippen LogP contribution >= 0.6 is 22.7 Å². The predicted octanol–water partition coefficient (Wildman–Crippen LogP) is 2.82. The zero-order valence-electron chi connectivity index (χ0n) is 8.15. The molecule has 0 aliphatic carbocycles. The number of rotatable bonds is 3. The van der Waals surface area contributed by atoms with Crippen molar-refractivity contribution in [2.24, 2.45) is 0 Å². The molecule has 74 valence electrons. The fourth-order valence-corrected chi connectivity index (χ4v) is 3.29. The summed E-state index contributed by atoms with van der Waals surface area (Å²) in [6, 6.07) is 2.41. The molecule has 2 aromatic rings. The highest BCUT2D eigenvalue weighted by molar-refractivity contribution is 7.11. The molecule has 2 rings (SSSR count). The Balaban J connectivity index is 2.36. The molecule has 0 amide bonds. The highest BCUT2D eigenvalue weighted by atomic mass is 32.1. The van der Waals surface area contributed by atoms with Gasteiger partial charge in [-0.1, -0.05) is 0 Å². The number of aryl methyl sites for hydroxylation is 1. The van der Waals surface area contributed by atoms with Crippen LogP contribution in [0.3, 0.4) is 0 Å². The Kier molecular flexibility index (Phi) is 2.96. The van der Waals surface area contributed by atoms with Gasteiger partial charge in [0.05, 0.1) is 6.04 Å². The average Bonchev–Trinajstić information content (AvgIpc) is 2.80. The van der Waals surface area contributed by atoms with Gasteiger partial charge in [-0.2, -0.15) is 0 Å². The van der Waals surface area contributed by atoms with E-state index in [1.165, 1.54) is 10.4 Å². The molecule has 2 nitrogen and oxygen atoms in total. The lowest BCUT2D eigenvalue weighted by Gasteiger charge is -2.12. The molecule has 0 aliphatic rings. The first-order valence-electron chi connectivity index (χ1n) is 4.43. The number of aromatic nitrogens is 1. The third kappa shape index (κ3) is 1.73. The molecule has 14 heavy (non-hydrogen) atoms. The highest BCUT2D eigenvalue weighted by Gasteiger charge is 2.17. The molecule has 1 N–H and O–H groups in total. The molecule has 1 atom stereocenters. The Labute approximate surface area is 91.6 Å². The van der Waals surface area contributed by atoms with Crippen molar-refractivity contribution in [3.05, 3.63) is 38.5 Å². The van der Waals surface area contributed by atoms with E-state index in [-0.39, 0.29) is 6.04 Å². The van der Waals surface area contributed by atoms with Gasteiger partial charge < -0.3 is 5.32 Å². The minimum atomic E-state index is 0.259. The second-order valence-electron chi connectivity index (χ2n) is 3.06. The van der Waals surface area contributed by atoms with E-state index in [1.54, 1.807) is 22.7 Å². The van der Waals surface area contributed by atoms with Crippen molar-refractivity contribution in [3.8, 4) is 0 Å². The Bertz CT molecular complexity index is 392. The number of thiazole rings is 1. The maximum absolute atomic E-state index is 4.35. The lowest BCUT2D eigenvalue weighted by Crippen LogP contribution is -2.16. The van der Waals surface area contributed by atoms with Crippen molar-refractivity contribution >= 4 is 22.7 Å². The van der Waals surface area contributed by atoms with E-state index in [0.717, 1.165) is 5.01 Å². The summed E-state index contributed by atoms with van der Waals surface area (Å²) in [6.45, 7) is 2.14. The second-order valence-corrected chi connectivity index (χ2v) is 4.93. The average molecular weight is 224 g/mol. The van der Waals surface area contributed by atoms with Crippen LogP contribution in [-0.4, -0.2) is 12.0 Å². The normalized spacial score (nSPS) is 13.0. The van der Waals surface area contributed by atoms with Crippen LogP contribution in [0.2, 0.25) is 0 Å². The summed E-state index contributed by atoms with van der Waals surface area (Å²) >= 11 is 3.48. The lowest BCUT2D eigenvalue weighted by molar-refractivity contribution is 0.695. The van der Waals surface area contributed by atoms with E-state index in [1.807, 2.05) is 18.6 Å². The van der Waals surface area contributed by atoms with E-state index in [0.29, 0.717) is 0 Å². The van der Waals surface area contributed by atoms with Crippen LogP contribution in [0.15, 0.2) is 23.0 Å². The maximum atomic E-state index is 4.35. The van der Waals surface area contributed by atoms with Gasteiger partial charge in [-0.3, -0.25) is 0 Å². The minimum Gasteiger partial charge on any atom is -0.307 e. The Hall–Kier alpha value is -0.710. The minimum absolute atomic E-state index is 0.259. The first kappa shape index (κ1) is 9.83. The summed E-state index contributed by atoms with van der Waals surface area (Å²) in [5, 5.41) is 8.59. The van der Waals surface area contributed by atoms with Crippen LogP contribution in [0.1, 0.15) is 21.5 Å². The second kappa shape index (κ2) is 4.21. The van der Waals surface area contributed by atoms with Gasteiger partial charge in [-0.25, -0.2) is 4.98 Å². The van der Waals surface area contributed by atoms with Crippen molar-refractivity contribution < 1.29 is 0 Å². The van der Waals surface area contributed by atoms with E-state index >= 15 is 0 Å². The summed E-state index contributed by atoms with van der Waals surface area (Å²) in [5.41, 5.74) is 1.34. The Morgan fingerprint density at radius 1 is 1.36 bits per heavy atom. The summed E-state index contributed by atoms with van der Waals surface area (Å²) in [7, 11) is 1.98. The van der Waals surface area contributed by atoms with E-state index < -0.39 is 0 Å². The van der Waals surface area contributed by atoms with Crippen LogP contribution < -0.4 is 5.32 Å². The molecular formula is C10H12N2S2. The van der Waals surface area contributed by atoms with Crippen molar-refractivity contribution in [2.45, 2.75) is 13.0 Å². The number of nitrogens with zero attached hydrogens (tertiary/aromatic N) is 1. The molecule has 0 bridgehead atoms. The number of hydrogen-bond acceptors (Lipinski definition) is 4. The van der Waals surface area contributed by atoms with Crippen molar-refractivity contribution in [2.75, 3.05) is 7.05 Å². The Morgan fingerprint density at radius 3 is 2.71 bits per heavy atom. The monoisotopic (exact) mass is 224 g/mol. The van der Waals surface area contributed by atoms with Crippen LogP contribution in [0.4, 0.5) is 0 Å². The largest absolute Gasteiger partial charge is 0.307 e. The van der Waals surface area contributed by atoms with Gasteiger partial charge in [0.25, 0.3) is 0 Å².